The first kappa shape index (κ1) is 22.7. The Morgan fingerprint density at radius 1 is 1.04 bits per heavy atom. The first-order valence-electron chi connectivity index (χ1n) is 9.53. The van der Waals surface area contributed by atoms with Crippen LogP contribution in [0.25, 0.3) is 0 Å². The fourth-order valence-corrected chi connectivity index (χ4v) is 2.72. The van der Waals surface area contributed by atoms with Crippen molar-refractivity contribution in [1.82, 2.24) is 10.2 Å². The Balaban J connectivity index is 2.53. The fourth-order valence-electron chi connectivity index (χ4n) is 2.72. The molecule has 0 radical (unpaired) electrons. The van der Waals surface area contributed by atoms with Gasteiger partial charge in [-0.1, -0.05) is 19.9 Å². The number of aryl methyl sites for hydroxylation is 2. The molecule has 0 aromatic heterocycles. The van der Waals surface area contributed by atoms with Gasteiger partial charge in [0, 0.05) is 17.6 Å². The zero-order valence-electron chi connectivity index (χ0n) is 17.3. The number of nitrogens with one attached hydrogen (secondary N) is 1. The number of amides is 2. The van der Waals surface area contributed by atoms with Gasteiger partial charge in [-0.15, -0.1) is 0 Å². The lowest BCUT2D eigenvalue weighted by atomic mass is 10.1. The van der Waals surface area contributed by atoms with Gasteiger partial charge in [-0.25, -0.2) is 0 Å². The van der Waals surface area contributed by atoms with Crippen molar-refractivity contribution < 1.29 is 19.1 Å². The van der Waals surface area contributed by atoms with E-state index in [1.807, 2.05) is 47.6 Å². The van der Waals surface area contributed by atoms with Crippen LogP contribution in [-0.4, -0.2) is 47.9 Å². The van der Waals surface area contributed by atoms with Crippen molar-refractivity contribution in [1.29, 1.82) is 0 Å². The van der Waals surface area contributed by atoms with Crippen molar-refractivity contribution in [3.05, 3.63) is 34.9 Å². The molecule has 0 heterocycles. The Bertz CT molecular complexity index is 662. The quantitative estimate of drug-likeness (QED) is 0.672. The first-order valence-corrected chi connectivity index (χ1v) is 9.53. The molecule has 0 spiro atoms. The van der Waals surface area contributed by atoms with Crippen LogP contribution in [0.1, 0.15) is 62.0 Å². The average Bonchev–Trinajstić information content (AvgIpc) is 2.66. The molecule has 6 nitrogen and oxygen atoms in total. The predicted molar refractivity (Wildman–Crippen MR) is 106 cm³/mol. The van der Waals surface area contributed by atoms with E-state index in [1.165, 1.54) is 0 Å². The van der Waals surface area contributed by atoms with E-state index in [2.05, 4.69) is 5.32 Å². The summed E-state index contributed by atoms with van der Waals surface area (Å²) < 4.78 is 5.06. The number of esters is 1. The average molecular weight is 376 g/mol. The predicted octanol–water partition coefficient (Wildman–Crippen LogP) is 3.00. The third kappa shape index (κ3) is 6.70. The van der Waals surface area contributed by atoms with E-state index in [4.69, 9.17) is 4.74 Å². The topological polar surface area (TPSA) is 75.7 Å². The Labute approximate surface area is 162 Å². The van der Waals surface area contributed by atoms with Gasteiger partial charge in [0.15, 0.2) is 6.61 Å². The highest BCUT2D eigenvalue weighted by Gasteiger charge is 2.24. The molecule has 6 heteroatoms. The van der Waals surface area contributed by atoms with Crippen LogP contribution in [0.15, 0.2) is 18.2 Å². The van der Waals surface area contributed by atoms with E-state index in [0.29, 0.717) is 5.56 Å². The molecule has 0 bridgehead atoms. The second-order valence-corrected chi connectivity index (χ2v) is 6.96. The molecule has 0 saturated heterocycles. The molecule has 2 atom stereocenters. The highest BCUT2D eigenvalue weighted by Crippen LogP contribution is 2.12. The lowest BCUT2D eigenvalue weighted by Gasteiger charge is -2.33. The van der Waals surface area contributed by atoms with Crippen LogP contribution in [0.3, 0.4) is 0 Å². The van der Waals surface area contributed by atoms with Gasteiger partial charge in [-0.2, -0.15) is 0 Å². The number of rotatable bonds is 9. The molecule has 1 rings (SSSR count). The van der Waals surface area contributed by atoms with Crippen molar-refractivity contribution in [2.45, 2.75) is 66.5 Å². The molecule has 0 aliphatic heterocycles. The third-order valence-electron chi connectivity index (χ3n) is 4.94. The van der Waals surface area contributed by atoms with Crippen molar-refractivity contribution >= 4 is 17.8 Å². The van der Waals surface area contributed by atoms with E-state index in [0.717, 1.165) is 24.0 Å². The van der Waals surface area contributed by atoms with Crippen LogP contribution in [0, 0.1) is 13.8 Å². The lowest BCUT2D eigenvalue weighted by molar-refractivity contribution is -0.153. The van der Waals surface area contributed by atoms with Crippen molar-refractivity contribution in [3.63, 3.8) is 0 Å². The number of hydrogen-bond acceptors (Lipinski definition) is 4. The summed E-state index contributed by atoms with van der Waals surface area (Å²) in [7, 11) is 0. The van der Waals surface area contributed by atoms with Gasteiger partial charge < -0.3 is 15.0 Å². The van der Waals surface area contributed by atoms with Gasteiger partial charge in [0.25, 0.3) is 11.8 Å². The molecule has 1 aromatic carbocycles. The summed E-state index contributed by atoms with van der Waals surface area (Å²) in [5, 5.41) is 2.53. The second-order valence-electron chi connectivity index (χ2n) is 6.96. The molecule has 150 valence electrons. The van der Waals surface area contributed by atoms with E-state index in [1.54, 1.807) is 17.0 Å². The maximum atomic E-state index is 12.4. The minimum atomic E-state index is -0.631. The molecule has 2 amide bonds. The summed E-state index contributed by atoms with van der Waals surface area (Å²) in [4.78, 5) is 38.2. The van der Waals surface area contributed by atoms with E-state index in [9.17, 15) is 14.4 Å². The van der Waals surface area contributed by atoms with Gasteiger partial charge in [0.05, 0.1) is 0 Å². The largest absolute Gasteiger partial charge is 0.454 e. The number of hydrogen-bond donors (Lipinski definition) is 1. The van der Waals surface area contributed by atoms with Gasteiger partial charge in [-0.3, -0.25) is 14.4 Å². The number of nitrogens with zero attached hydrogens (tertiary/aromatic N) is 1. The number of carbonyl (C=O) groups is 3. The first-order chi connectivity index (χ1) is 12.7. The molecular weight excluding hydrogens is 344 g/mol. The van der Waals surface area contributed by atoms with Gasteiger partial charge >= 0.3 is 5.97 Å². The number of carbonyl (C=O) groups excluding carboxylic acids is 3. The molecule has 0 aliphatic carbocycles. The zero-order valence-corrected chi connectivity index (χ0v) is 17.3. The summed E-state index contributed by atoms with van der Waals surface area (Å²) in [5.41, 5.74) is 2.59. The van der Waals surface area contributed by atoms with Crippen LogP contribution < -0.4 is 5.32 Å². The third-order valence-corrected chi connectivity index (χ3v) is 4.94. The van der Waals surface area contributed by atoms with Crippen molar-refractivity contribution in [2.75, 3.05) is 13.2 Å². The zero-order chi connectivity index (χ0) is 20.6. The Morgan fingerprint density at radius 3 is 2.15 bits per heavy atom. The van der Waals surface area contributed by atoms with Crippen LogP contribution in [0.5, 0.6) is 0 Å². The second kappa shape index (κ2) is 10.7. The van der Waals surface area contributed by atoms with E-state index < -0.39 is 5.97 Å². The van der Waals surface area contributed by atoms with E-state index >= 15 is 0 Å². The van der Waals surface area contributed by atoms with Crippen molar-refractivity contribution in [3.8, 4) is 0 Å². The normalized spacial score (nSPS) is 12.8. The molecule has 0 fully saturated rings. The Kier molecular flexibility index (Phi) is 8.98. The molecule has 1 N–H and O–H groups in total. The Hall–Kier alpha value is -2.37. The van der Waals surface area contributed by atoms with Gasteiger partial charge in [-0.05, 0) is 63.8 Å². The highest BCUT2D eigenvalue weighted by molar-refractivity contribution is 5.96. The maximum absolute atomic E-state index is 12.4. The molecular formula is C21H32N2O4. The molecule has 0 aliphatic rings. The maximum Gasteiger partial charge on any atom is 0.325 e. The molecule has 0 unspecified atom stereocenters. The fraction of sp³-hybridized carbons (Fsp3) is 0.571. The summed E-state index contributed by atoms with van der Waals surface area (Å²) in [6.45, 7) is 11.3. The van der Waals surface area contributed by atoms with Crippen LogP contribution in [0.2, 0.25) is 0 Å². The summed E-state index contributed by atoms with van der Waals surface area (Å²) >= 11 is 0. The standard InChI is InChI=1S/C21H32N2O4/c1-7-16(5)23(17(6)8-2)19(24)13-27-20(25)12-22-21(26)18-10-9-14(3)15(4)11-18/h9-11,16-17H,7-8,12-13H2,1-6H3,(H,22,26)/t16-,17+. The monoisotopic (exact) mass is 376 g/mol. The van der Waals surface area contributed by atoms with E-state index in [-0.39, 0.29) is 37.0 Å². The van der Waals surface area contributed by atoms with Gasteiger partial charge in [0.1, 0.15) is 6.54 Å². The van der Waals surface area contributed by atoms with Crippen molar-refractivity contribution in [2.24, 2.45) is 0 Å². The van der Waals surface area contributed by atoms with Gasteiger partial charge in [0.2, 0.25) is 0 Å². The number of benzene rings is 1. The number of ether oxygens (including phenoxy) is 1. The summed E-state index contributed by atoms with van der Waals surface area (Å²) in [5.74, 6) is -1.19. The summed E-state index contributed by atoms with van der Waals surface area (Å²) in [6.07, 6.45) is 1.66. The SMILES string of the molecule is CC[C@@H](C)N(C(=O)COC(=O)CNC(=O)c1ccc(C)c(C)c1)[C@@H](C)CC. The Morgan fingerprint density at radius 2 is 1.63 bits per heavy atom. The minimum absolute atomic E-state index is 0.0793. The molecule has 1 aromatic rings. The van der Waals surface area contributed by atoms with Crippen LogP contribution in [0.4, 0.5) is 0 Å². The van der Waals surface area contributed by atoms with Crippen LogP contribution in [-0.2, 0) is 14.3 Å². The molecule has 0 saturated carbocycles. The summed E-state index contributed by atoms with van der Waals surface area (Å²) in [6, 6.07) is 5.50. The lowest BCUT2D eigenvalue weighted by Crippen LogP contribution is -2.46. The highest BCUT2D eigenvalue weighted by atomic mass is 16.5. The van der Waals surface area contributed by atoms with Crippen LogP contribution >= 0.6 is 0 Å². The smallest absolute Gasteiger partial charge is 0.325 e. The molecule has 27 heavy (non-hydrogen) atoms. The minimum Gasteiger partial charge on any atom is -0.454 e.